The highest BCUT2D eigenvalue weighted by Gasteiger charge is 2.49. The van der Waals surface area contributed by atoms with E-state index in [1.54, 1.807) is 30.3 Å². The van der Waals surface area contributed by atoms with Crippen LogP contribution >= 0.6 is 23.2 Å². The standard InChI is InChI=1S/C34H40Cl2N4O6/c1-20(2)16-28(31(43)39-27(17-21-12-15-37-30(21)42)29(41)32(44)38-25-8-9-25)40(33(45)46-26-10-6-23(35)7-11-26)19-34(13-14-34)22-4-3-5-24(36)18-22/h3-7,10-11,18,20-21,25,27-28H,8-9,12-17,19H2,1-2H3,(H,37,42)(H,38,44)(H,39,43). The third kappa shape index (κ3) is 8.59. The van der Waals surface area contributed by atoms with Crippen LogP contribution in [0.15, 0.2) is 48.5 Å². The Morgan fingerprint density at radius 1 is 1.02 bits per heavy atom. The molecule has 2 aromatic rings. The molecular weight excluding hydrogens is 631 g/mol. The monoisotopic (exact) mass is 670 g/mol. The second-order valence-electron chi connectivity index (χ2n) is 13.1. The number of nitrogens with one attached hydrogen (secondary N) is 3. The third-order valence-electron chi connectivity index (χ3n) is 8.84. The van der Waals surface area contributed by atoms with Crippen LogP contribution in [0.1, 0.15) is 64.4 Å². The first-order valence-corrected chi connectivity index (χ1v) is 16.6. The number of Topliss-reactive ketones (excluding diaryl/α,β-unsaturated/α-hetero) is 1. The van der Waals surface area contributed by atoms with Crippen LogP contribution in [0.2, 0.25) is 10.0 Å². The average molecular weight is 672 g/mol. The van der Waals surface area contributed by atoms with Crippen molar-refractivity contribution in [3.63, 3.8) is 0 Å². The van der Waals surface area contributed by atoms with Crippen molar-refractivity contribution < 1.29 is 28.7 Å². The quantitative estimate of drug-likeness (QED) is 0.247. The molecule has 1 saturated heterocycles. The van der Waals surface area contributed by atoms with Crippen LogP contribution < -0.4 is 20.7 Å². The number of halogens is 2. The van der Waals surface area contributed by atoms with E-state index in [0.717, 1.165) is 31.2 Å². The Bertz CT molecular complexity index is 1470. The van der Waals surface area contributed by atoms with Crippen LogP contribution in [-0.4, -0.2) is 65.7 Å². The number of ketones is 1. The van der Waals surface area contributed by atoms with Crippen molar-refractivity contribution >= 4 is 52.8 Å². The number of amides is 4. The van der Waals surface area contributed by atoms with Crippen molar-refractivity contribution in [1.29, 1.82) is 0 Å². The summed E-state index contributed by atoms with van der Waals surface area (Å²) < 4.78 is 5.78. The number of rotatable bonds is 14. The van der Waals surface area contributed by atoms with Crippen molar-refractivity contribution in [2.75, 3.05) is 13.1 Å². The van der Waals surface area contributed by atoms with Crippen LogP contribution in [0.4, 0.5) is 4.79 Å². The molecule has 46 heavy (non-hydrogen) atoms. The van der Waals surface area contributed by atoms with Crippen LogP contribution in [0.5, 0.6) is 5.75 Å². The topological polar surface area (TPSA) is 134 Å². The fraction of sp³-hybridized carbons (Fsp3) is 0.500. The van der Waals surface area contributed by atoms with E-state index in [4.69, 9.17) is 27.9 Å². The molecule has 0 spiro atoms. The Labute approximate surface area is 278 Å². The van der Waals surface area contributed by atoms with Crippen LogP contribution in [0, 0.1) is 11.8 Å². The van der Waals surface area contributed by atoms with E-state index < -0.39 is 47.1 Å². The van der Waals surface area contributed by atoms with E-state index in [9.17, 15) is 24.0 Å². The van der Waals surface area contributed by atoms with Crippen LogP contribution in [-0.2, 0) is 24.6 Å². The number of carbonyl (C=O) groups excluding carboxylic acids is 5. The van der Waals surface area contributed by atoms with Gasteiger partial charge in [-0.2, -0.15) is 0 Å². The lowest BCUT2D eigenvalue weighted by Crippen LogP contribution is -2.57. The van der Waals surface area contributed by atoms with E-state index in [2.05, 4.69) is 16.0 Å². The van der Waals surface area contributed by atoms with Crippen LogP contribution in [0.25, 0.3) is 0 Å². The molecule has 1 aliphatic heterocycles. The largest absolute Gasteiger partial charge is 0.415 e. The van der Waals surface area contributed by atoms with E-state index in [1.807, 2.05) is 32.0 Å². The first-order chi connectivity index (χ1) is 21.9. The molecule has 3 unspecified atom stereocenters. The van der Waals surface area contributed by atoms with Gasteiger partial charge in [-0.1, -0.05) is 49.2 Å². The van der Waals surface area contributed by atoms with Gasteiger partial charge in [-0.3, -0.25) is 24.1 Å². The molecule has 10 nitrogen and oxygen atoms in total. The molecule has 4 amide bonds. The van der Waals surface area contributed by atoms with Gasteiger partial charge in [0.1, 0.15) is 11.8 Å². The van der Waals surface area contributed by atoms with E-state index in [0.29, 0.717) is 23.0 Å². The minimum absolute atomic E-state index is 0.0232. The van der Waals surface area contributed by atoms with Gasteiger partial charge in [-0.05, 0) is 92.8 Å². The molecule has 2 aromatic carbocycles. The summed E-state index contributed by atoms with van der Waals surface area (Å²) in [5.74, 6) is -2.73. The lowest BCUT2D eigenvalue weighted by atomic mass is 9.92. The van der Waals surface area contributed by atoms with E-state index in [1.165, 1.54) is 4.90 Å². The van der Waals surface area contributed by atoms with Gasteiger partial charge in [0.15, 0.2) is 0 Å². The maximum absolute atomic E-state index is 14.3. The first kappa shape index (κ1) is 33.7. The van der Waals surface area contributed by atoms with Gasteiger partial charge in [0.05, 0.1) is 6.04 Å². The maximum Gasteiger partial charge on any atom is 0.415 e. The van der Waals surface area contributed by atoms with Crippen molar-refractivity contribution in [2.24, 2.45) is 11.8 Å². The molecule has 2 aliphatic carbocycles. The summed E-state index contributed by atoms with van der Waals surface area (Å²) in [6.07, 6.45) is 3.10. The van der Waals surface area contributed by atoms with Crippen molar-refractivity contribution in [2.45, 2.75) is 82.3 Å². The highest BCUT2D eigenvalue weighted by Crippen LogP contribution is 2.49. The fourth-order valence-electron chi connectivity index (χ4n) is 5.92. The summed E-state index contributed by atoms with van der Waals surface area (Å²) >= 11 is 12.4. The Kier molecular flexibility index (Phi) is 10.6. The van der Waals surface area contributed by atoms with Gasteiger partial charge < -0.3 is 20.7 Å². The molecule has 0 radical (unpaired) electrons. The van der Waals surface area contributed by atoms with Gasteiger partial charge in [0.25, 0.3) is 5.91 Å². The average Bonchev–Trinajstić information content (AvgIpc) is 3.95. The molecule has 0 bridgehead atoms. The van der Waals surface area contributed by atoms with Crippen molar-refractivity contribution in [1.82, 2.24) is 20.9 Å². The smallest absolute Gasteiger partial charge is 0.410 e. The molecule has 246 valence electrons. The lowest BCUT2D eigenvalue weighted by Gasteiger charge is -2.35. The number of hydrogen-bond donors (Lipinski definition) is 3. The van der Waals surface area contributed by atoms with Gasteiger partial charge in [-0.15, -0.1) is 0 Å². The molecular formula is C34H40Cl2N4O6. The third-order valence-corrected chi connectivity index (χ3v) is 9.33. The zero-order valence-corrected chi connectivity index (χ0v) is 27.5. The highest BCUT2D eigenvalue weighted by molar-refractivity contribution is 6.38. The fourth-order valence-corrected chi connectivity index (χ4v) is 6.23. The normalized spacial score (nSPS) is 19.5. The summed E-state index contributed by atoms with van der Waals surface area (Å²) in [6, 6.07) is 11.5. The van der Waals surface area contributed by atoms with Gasteiger partial charge in [0, 0.05) is 40.5 Å². The summed E-state index contributed by atoms with van der Waals surface area (Å²) in [5, 5.41) is 9.27. The van der Waals surface area contributed by atoms with Gasteiger partial charge in [-0.25, -0.2) is 4.79 Å². The molecule has 3 aliphatic rings. The SMILES string of the molecule is CC(C)CC(C(=O)NC(CC1CCNC1=O)C(=O)C(=O)NC1CC1)N(CC1(c2cccc(Cl)c2)CC1)C(=O)Oc1ccc(Cl)cc1. The predicted molar refractivity (Wildman–Crippen MR) is 174 cm³/mol. The van der Waals surface area contributed by atoms with Crippen LogP contribution in [0.3, 0.4) is 0 Å². The summed E-state index contributed by atoms with van der Waals surface area (Å²) in [7, 11) is 0. The number of nitrogens with zero attached hydrogens (tertiary/aromatic N) is 1. The zero-order chi connectivity index (χ0) is 33.0. The summed E-state index contributed by atoms with van der Waals surface area (Å²) in [5.41, 5.74) is 0.505. The molecule has 12 heteroatoms. The highest BCUT2D eigenvalue weighted by atomic mass is 35.5. The Morgan fingerprint density at radius 3 is 2.33 bits per heavy atom. The number of ether oxygens (including phenoxy) is 1. The van der Waals surface area contributed by atoms with Gasteiger partial charge >= 0.3 is 6.09 Å². The predicted octanol–water partition coefficient (Wildman–Crippen LogP) is 4.80. The minimum Gasteiger partial charge on any atom is -0.410 e. The number of hydrogen-bond acceptors (Lipinski definition) is 6. The molecule has 1 heterocycles. The van der Waals surface area contributed by atoms with E-state index in [-0.39, 0.29) is 43.0 Å². The summed E-state index contributed by atoms with van der Waals surface area (Å²) in [4.78, 5) is 68.4. The van der Waals surface area contributed by atoms with E-state index >= 15 is 0 Å². The summed E-state index contributed by atoms with van der Waals surface area (Å²) in [6.45, 7) is 4.48. The number of benzene rings is 2. The molecule has 3 N–H and O–H groups in total. The number of carbonyl (C=O) groups is 5. The van der Waals surface area contributed by atoms with Crippen molar-refractivity contribution in [3.05, 3.63) is 64.1 Å². The molecule has 2 saturated carbocycles. The lowest BCUT2D eigenvalue weighted by molar-refractivity contribution is -0.141. The first-order valence-electron chi connectivity index (χ1n) is 15.9. The maximum atomic E-state index is 14.3. The second-order valence-corrected chi connectivity index (χ2v) is 13.9. The minimum atomic E-state index is -1.24. The molecule has 3 atom stereocenters. The molecule has 3 fully saturated rings. The molecule has 0 aromatic heterocycles. The Hall–Kier alpha value is -3.63. The Balaban J connectivity index is 1.44. The zero-order valence-electron chi connectivity index (χ0n) is 26.0. The molecule has 5 rings (SSSR count). The Morgan fingerprint density at radius 2 is 1.74 bits per heavy atom. The van der Waals surface area contributed by atoms with Gasteiger partial charge in [0.2, 0.25) is 17.6 Å². The van der Waals surface area contributed by atoms with Crippen molar-refractivity contribution in [3.8, 4) is 5.75 Å². The second kappa shape index (κ2) is 14.4.